The van der Waals surface area contributed by atoms with Crippen molar-refractivity contribution in [2.75, 3.05) is 59.9 Å². The maximum absolute atomic E-state index is 11.7. The molecule has 0 unspecified atom stereocenters. The minimum Gasteiger partial charge on any atom is -0.356 e. The normalized spacial score (nSPS) is 17.0. The fourth-order valence-electron chi connectivity index (χ4n) is 2.45. The summed E-state index contributed by atoms with van der Waals surface area (Å²) in [5.41, 5.74) is 0. The number of carbonyl (C=O) groups is 1. The first-order valence-corrected chi connectivity index (χ1v) is 8.39. The highest BCUT2D eigenvalue weighted by Gasteiger charge is 2.20. The van der Waals surface area contributed by atoms with Crippen LogP contribution in [0.3, 0.4) is 0 Å². The van der Waals surface area contributed by atoms with Gasteiger partial charge >= 0.3 is 0 Å². The summed E-state index contributed by atoms with van der Waals surface area (Å²) in [7, 11) is 3.53. The fraction of sp³-hybridized carbons (Fsp3) is 0.875. The lowest BCUT2D eigenvalue weighted by atomic mass is 10.2. The minimum atomic E-state index is 0.0363. The smallest absolute Gasteiger partial charge is 0.243 e. The van der Waals surface area contributed by atoms with Crippen LogP contribution in [-0.4, -0.2) is 86.5 Å². The van der Waals surface area contributed by atoms with Crippen molar-refractivity contribution >= 4 is 11.9 Å². The molecular formula is C16H33N5O. The monoisotopic (exact) mass is 311 g/mol. The van der Waals surface area contributed by atoms with E-state index in [4.69, 9.17) is 0 Å². The Labute approximate surface area is 135 Å². The third-order valence-corrected chi connectivity index (χ3v) is 3.69. The lowest BCUT2D eigenvalue weighted by Gasteiger charge is -2.37. The van der Waals surface area contributed by atoms with Gasteiger partial charge in [-0.05, 0) is 12.3 Å². The first-order chi connectivity index (χ1) is 10.4. The van der Waals surface area contributed by atoms with Crippen LogP contribution in [0.2, 0.25) is 0 Å². The predicted octanol–water partition coefficient (Wildman–Crippen LogP) is 0.704. The molecule has 0 aromatic rings. The Morgan fingerprint density at radius 3 is 2.36 bits per heavy atom. The number of rotatable bonds is 6. The second-order valence-corrected chi connectivity index (χ2v) is 6.54. The lowest BCUT2D eigenvalue weighted by molar-refractivity contribution is -0.127. The molecule has 0 aromatic heterocycles. The summed E-state index contributed by atoms with van der Waals surface area (Å²) >= 11 is 0. The number of hydrogen-bond acceptors (Lipinski definition) is 3. The van der Waals surface area contributed by atoms with E-state index in [1.165, 1.54) is 0 Å². The maximum atomic E-state index is 11.7. The van der Waals surface area contributed by atoms with Crippen LogP contribution in [0.15, 0.2) is 4.99 Å². The first kappa shape index (κ1) is 18.7. The molecular weight excluding hydrogens is 278 g/mol. The second-order valence-electron chi connectivity index (χ2n) is 6.54. The Hall–Kier alpha value is -1.30. The Balaban J connectivity index is 2.57. The third kappa shape index (κ3) is 6.64. The van der Waals surface area contributed by atoms with E-state index in [0.717, 1.165) is 51.6 Å². The number of guanidine groups is 1. The van der Waals surface area contributed by atoms with Crippen molar-refractivity contribution in [3.63, 3.8) is 0 Å². The van der Waals surface area contributed by atoms with Crippen molar-refractivity contribution in [2.24, 2.45) is 10.9 Å². The SMILES string of the molecule is CCCNC(=NCC(=O)N(C)C)N1CCN(CC(C)C)CC1. The van der Waals surface area contributed by atoms with E-state index in [-0.39, 0.29) is 12.5 Å². The number of likely N-dealkylation sites (N-methyl/N-ethyl adjacent to an activating group) is 1. The van der Waals surface area contributed by atoms with Gasteiger partial charge in [-0.3, -0.25) is 9.69 Å². The molecule has 22 heavy (non-hydrogen) atoms. The minimum absolute atomic E-state index is 0.0363. The molecule has 1 heterocycles. The topological polar surface area (TPSA) is 51.2 Å². The van der Waals surface area contributed by atoms with Gasteiger partial charge in [0.1, 0.15) is 6.54 Å². The molecule has 1 fully saturated rings. The van der Waals surface area contributed by atoms with E-state index in [1.54, 1.807) is 19.0 Å². The number of aliphatic imine (C=N–C) groups is 1. The average Bonchev–Trinajstić information content (AvgIpc) is 2.47. The van der Waals surface area contributed by atoms with Crippen LogP contribution in [0, 0.1) is 5.92 Å². The van der Waals surface area contributed by atoms with Gasteiger partial charge in [0.05, 0.1) is 0 Å². The highest BCUT2D eigenvalue weighted by atomic mass is 16.2. The third-order valence-electron chi connectivity index (χ3n) is 3.69. The van der Waals surface area contributed by atoms with Crippen LogP contribution in [0.5, 0.6) is 0 Å². The maximum Gasteiger partial charge on any atom is 0.243 e. The Kier molecular flexibility index (Phi) is 8.24. The van der Waals surface area contributed by atoms with Crippen LogP contribution < -0.4 is 5.32 Å². The van der Waals surface area contributed by atoms with Gasteiger partial charge in [0, 0.05) is 53.4 Å². The molecule has 1 rings (SSSR count). The molecule has 1 aliphatic rings. The standard InChI is InChI=1S/C16H33N5O/c1-6-7-17-16(18-12-15(22)19(4)5)21-10-8-20(9-11-21)13-14(2)3/h14H,6-13H2,1-5H3,(H,17,18). The Morgan fingerprint density at radius 1 is 1.23 bits per heavy atom. The fourth-order valence-corrected chi connectivity index (χ4v) is 2.45. The summed E-state index contributed by atoms with van der Waals surface area (Å²) in [5.74, 6) is 1.62. The molecule has 1 N–H and O–H groups in total. The number of piperazine rings is 1. The largest absolute Gasteiger partial charge is 0.356 e. The predicted molar refractivity (Wildman–Crippen MR) is 92.1 cm³/mol. The van der Waals surface area contributed by atoms with E-state index in [9.17, 15) is 4.79 Å². The molecule has 0 bridgehead atoms. The zero-order valence-corrected chi connectivity index (χ0v) is 14.9. The molecule has 128 valence electrons. The van der Waals surface area contributed by atoms with Crippen LogP contribution >= 0.6 is 0 Å². The quantitative estimate of drug-likeness (QED) is 0.580. The Bertz CT molecular complexity index is 360. The molecule has 0 atom stereocenters. The molecule has 6 nitrogen and oxygen atoms in total. The molecule has 1 amide bonds. The number of hydrogen-bond donors (Lipinski definition) is 1. The van der Waals surface area contributed by atoms with Gasteiger partial charge in [-0.1, -0.05) is 20.8 Å². The van der Waals surface area contributed by atoms with Crippen molar-refractivity contribution in [3.8, 4) is 0 Å². The van der Waals surface area contributed by atoms with E-state index < -0.39 is 0 Å². The van der Waals surface area contributed by atoms with Gasteiger partial charge in [0.2, 0.25) is 5.91 Å². The molecule has 6 heteroatoms. The van der Waals surface area contributed by atoms with E-state index in [0.29, 0.717) is 5.92 Å². The summed E-state index contributed by atoms with van der Waals surface area (Å²) in [6.07, 6.45) is 1.05. The van der Waals surface area contributed by atoms with Crippen molar-refractivity contribution in [2.45, 2.75) is 27.2 Å². The zero-order chi connectivity index (χ0) is 16.5. The van der Waals surface area contributed by atoms with Crippen molar-refractivity contribution < 1.29 is 4.79 Å². The molecule has 0 spiro atoms. The summed E-state index contributed by atoms with van der Waals surface area (Å²) in [6, 6.07) is 0. The summed E-state index contributed by atoms with van der Waals surface area (Å²) < 4.78 is 0. The van der Waals surface area contributed by atoms with Crippen LogP contribution in [-0.2, 0) is 4.79 Å². The number of nitrogens with zero attached hydrogens (tertiary/aromatic N) is 4. The summed E-state index contributed by atoms with van der Waals surface area (Å²) in [5, 5.41) is 3.38. The number of amides is 1. The molecule has 0 saturated carbocycles. The molecule has 1 aliphatic heterocycles. The van der Waals surface area contributed by atoms with Crippen molar-refractivity contribution in [1.82, 2.24) is 20.0 Å². The highest BCUT2D eigenvalue weighted by Crippen LogP contribution is 2.05. The highest BCUT2D eigenvalue weighted by molar-refractivity contribution is 5.84. The van der Waals surface area contributed by atoms with E-state index in [1.807, 2.05) is 0 Å². The summed E-state index contributed by atoms with van der Waals surface area (Å²) in [6.45, 7) is 13.0. The first-order valence-electron chi connectivity index (χ1n) is 8.39. The summed E-state index contributed by atoms with van der Waals surface area (Å²) in [4.78, 5) is 22.6. The van der Waals surface area contributed by atoms with Gasteiger partial charge in [-0.2, -0.15) is 0 Å². The average molecular weight is 311 g/mol. The molecule has 0 aromatic carbocycles. The molecule has 0 aliphatic carbocycles. The van der Waals surface area contributed by atoms with Gasteiger partial charge in [0.25, 0.3) is 0 Å². The van der Waals surface area contributed by atoms with Crippen LogP contribution in [0.25, 0.3) is 0 Å². The van der Waals surface area contributed by atoms with Crippen molar-refractivity contribution in [3.05, 3.63) is 0 Å². The van der Waals surface area contributed by atoms with E-state index in [2.05, 4.69) is 40.9 Å². The van der Waals surface area contributed by atoms with Crippen LogP contribution in [0.4, 0.5) is 0 Å². The van der Waals surface area contributed by atoms with Gasteiger partial charge in [-0.25, -0.2) is 4.99 Å². The molecule has 0 radical (unpaired) electrons. The lowest BCUT2D eigenvalue weighted by Crippen LogP contribution is -2.53. The van der Waals surface area contributed by atoms with Gasteiger partial charge in [0.15, 0.2) is 5.96 Å². The van der Waals surface area contributed by atoms with Gasteiger partial charge < -0.3 is 15.1 Å². The van der Waals surface area contributed by atoms with Crippen molar-refractivity contribution in [1.29, 1.82) is 0 Å². The van der Waals surface area contributed by atoms with E-state index >= 15 is 0 Å². The van der Waals surface area contributed by atoms with Crippen LogP contribution in [0.1, 0.15) is 27.2 Å². The Morgan fingerprint density at radius 2 is 1.86 bits per heavy atom. The van der Waals surface area contributed by atoms with Gasteiger partial charge in [-0.15, -0.1) is 0 Å². The second kappa shape index (κ2) is 9.66. The molecule has 1 saturated heterocycles. The number of carbonyl (C=O) groups excluding carboxylic acids is 1. The zero-order valence-electron chi connectivity index (χ0n) is 14.9. The number of nitrogens with one attached hydrogen (secondary N) is 1.